The highest BCUT2D eigenvalue weighted by Gasteiger charge is 2.42. The lowest BCUT2D eigenvalue weighted by Crippen LogP contribution is -2.66. The number of piperazine rings is 2. The first-order chi connectivity index (χ1) is 15.7. The lowest BCUT2D eigenvalue weighted by molar-refractivity contribution is -0.160. The Hall–Kier alpha value is -2.73. The van der Waals surface area contributed by atoms with Crippen LogP contribution in [0.2, 0.25) is 0 Å². The van der Waals surface area contributed by atoms with Gasteiger partial charge in [-0.2, -0.15) is 0 Å². The summed E-state index contributed by atoms with van der Waals surface area (Å²) in [5.74, 6) is 0.798. The molecule has 1 atom stereocenters. The van der Waals surface area contributed by atoms with Crippen LogP contribution in [-0.4, -0.2) is 63.7 Å². The van der Waals surface area contributed by atoms with E-state index in [9.17, 15) is 9.59 Å². The third-order valence-corrected chi connectivity index (χ3v) is 7.25. The van der Waals surface area contributed by atoms with E-state index in [1.54, 1.807) is 16.0 Å². The van der Waals surface area contributed by atoms with Crippen molar-refractivity contribution >= 4 is 11.8 Å². The SMILES string of the molecule is O=C1C2CN(Cc3ccc(C4CCCCC4)cc3)CCN2C(=O)CN1Cc1ccccn1. The smallest absolute Gasteiger partial charge is 0.247 e. The molecule has 2 amide bonds. The molecule has 0 N–H and O–H groups in total. The molecule has 3 heterocycles. The standard InChI is InChI=1S/C26H32N4O2/c31-25-19-29(17-23-8-4-5-13-27-23)26(32)24-18-28(14-15-30(24)25)16-20-9-11-22(12-10-20)21-6-2-1-3-7-21/h4-5,8-13,21,24H,1-3,6-7,14-19H2. The molecule has 0 bridgehead atoms. The van der Waals surface area contributed by atoms with Crippen LogP contribution in [0.4, 0.5) is 0 Å². The van der Waals surface area contributed by atoms with Gasteiger partial charge in [-0.05, 0) is 42.0 Å². The molecule has 1 saturated carbocycles. The van der Waals surface area contributed by atoms with Crippen LogP contribution in [0.5, 0.6) is 0 Å². The van der Waals surface area contributed by atoms with Crippen LogP contribution in [-0.2, 0) is 22.7 Å². The van der Waals surface area contributed by atoms with Gasteiger partial charge in [0, 0.05) is 32.4 Å². The Morgan fingerprint density at radius 3 is 2.47 bits per heavy atom. The molecule has 0 spiro atoms. The van der Waals surface area contributed by atoms with Gasteiger partial charge < -0.3 is 9.80 Å². The number of fused-ring (bicyclic) bond motifs is 1. The predicted octanol–water partition coefficient (Wildman–Crippen LogP) is 3.18. The van der Waals surface area contributed by atoms with Crippen LogP contribution >= 0.6 is 0 Å². The molecule has 2 saturated heterocycles. The van der Waals surface area contributed by atoms with Gasteiger partial charge in [-0.15, -0.1) is 0 Å². The second kappa shape index (κ2) is 9.41. The molecule has 2 aliphatic heterocycles. The molecule has 6 heteroatoms. The minimum absolute atomic E-state index is 0.0348. The predicted molar refractivity (Wildman–Crippen MR) is 123 cm³/mol. The number of benzene rings is 1. The van der Waals surface area contributed by atoms with E-state index in [0.717, 1.165) is 24.7 Å². The van der Waals surface area contributed by atoms with Crippen molar-refractivity contribution in [1.82, 2.24) is 19.7 Å². The quantitative estimate of drug-likeness (QED) is 0.728. The monoisotopic (exact) mass is 432 g/mol. The highest BCUT2D eigenvalue weighted by molar-refractivity contribution is 5.95. The maximum absolute atomic E-state index is 13.2. The van der Waals surface area contributed by atoms with E-state index in [1.165, 1.54) is 43.2 Å². The van der Waals surface area contributed by atoms with Crippen molar-refractivity contribution in [2.24, 2.45) is 0 Å². The largest absolute Gasteiger partial charge is 0.327 e. The van der Waals surface area contributed by atoms with Crippen molar-refractivity contribution < 1.29 is 9.59 Å². The summed E-state index contributed by atoms with van der Waals surface area (Å²) in [6.45, 7) is 3.37. The number of carbonyl (C=O) groups is 2. The molecular formula is C26H32N4O2. The van der Waals surface area contributed by atoms with Gasteiger partial charge in [0.1, 0.15) is 12.6 Å². The highest BCUT2D eigenvalue weighted by Crippen LogP contribution is 2.32. The maximum Gasteiger partial charge on any atom is 0.247 e. The first-order valence-corrected chi connectivity index (χ1v) is 12.0. The second-order valence-corrected chi connectivity index (χ2v) is 9.43. The summed E-state index contributed by atoms with van der Waals surface area (Å²) in [5.41, 5.74) is 3.56. The molecule has 6 nitrogen and oxygen atoms in total. The Bertz CT molecular complexity index is 940. The number of rotatable bonds is 5. The van der Waals surface area contributed by atoms with Crippen LogP contribution in [0, 0.1) is 0 Å². The van der Waals surface area contributed by atoms with Gasteiger partial charge in [-0.3, -0.25) is 19.5 Å². The lowest BCUT2D eigenvalue weighted by atomic mass is 9.84. The van der Waals surface area contributed by atoms with Gasteiger partial charge in [-0.25, -0.2) is 0 Å². The molecule has 1 aromatic carbocycles. The van der Waals surface area contributed by atoms with E-state index in [2.05, 4.69) is 34.1 Å². The molecule has 1 aliphatic carbocycles. The minimum atomic E-state index is -0.393. The number of carbonyl (C=O) groups excluding carboxylic acids is 2. The highest BCUT2D eigenvalue weighted by atomic mass is 16.2. The normalized spacial score (nSPS) is 22.8. The summed E-state index contributed by atoms with van der Waals surface area (Å²) >= 11 is 0. The third-order valence-electron chi connectivity index (χ3n) is 7.25. The number of pyridine rings is 1. The molecule has 0 radical (unpaired) electrons. The van der Waals surface area contributed by atoms with Crippen LogP contribution in [0.1, 0.15) is 54.8 Å². The fourth-order valence-electron chi connectivity index (χ4n) is 5.45. The van der Waals surface area contributed by atoms with E-state index in [1.807, 2.05) is 18.2 Å². The van der Waals surface area contributed by atoms with Gasteiger partial charge in [0.25, 0.3) is 0 Å². The summed E-state index contributed by atoms with van der Waals surface area (Å²) in [6.07, 6.45) is 8.43. The zero-order chi connectivity index (χ0) is 21.9. The molecule has 3 fully saturated rings. The molecule has 168 valence electrons. The second-order valence-electron chi connectivity index (χ2n) is 9.43. The molecular weight excluding hydrogens is 400 g/mol. The van der Waals surface area contributed by atoms with Crippen molar-refractivity contribution in [2.75, 3.05) is 26.2 Å². The zero-order valence-electron chi connectivity index (χ0n) is 18.7. The van der Waals surface area contributed by atoms with E-state index >= 15 is 0 Å². The molecule has 3 aliphatic rings. The number of hydrogen-bond acceptors (Lipinski definition) is 4. The van der Waals surface area contributed by atoms with E-state index in [-0.39, 0.29) is 18.4 Å². The van der Waals surface area contributed by atoms with Crippen LogP contribution < -0.4 is 0 Å². The number of nitrogens with zero attached hydrogens (tertiary/aromatic N) is 4. The summed E-state index contributed by atoms with van der Waals surface area (Å²) < 4.78 is 0. The van der Waals surface area contributed by atoms with Gasteiger partial charge in [0.15, 0.2) is 0 Å². The maximum atomic E-state index is 13.2. The minimum Gasteiger partial charge on any atom is -0.327 e. The fraction of sp³-hybridized carbons (Fsp3) is 0.500. The number of aromatic nitrogens is 1. The summed E-state index contributed by atoms with van der Waals surface area (Å²) in [6, 6.07) is 14.4. The first kappa shape index (κ1) is 21.1. The molecule has 1 aromatic heterocycles. The van der Waals surface area contributed by atoms with Gasteiger partial charge in [0.05, 0.1) is 12.2 Å². The van der Waals surface area contributed by atoms with Gasteiger partial charge in [-0.1, -0.05) is 49.6 Å². The molecule has 5 rings (SSSR count). The summed E-state index contributed by atoms with van der Waals surface area (Å²) in [4.78, 5) is 36.0. The van der Waals surface area contributed by atoms with Crippen molar-refractivity contribution in [3.63, 3.8) is 0 Å². The average molecular weight is 433 g/mol. The summed E-state index contributed by atoms with van der Waals surface area (Å²) in [7, 11) is 0. The van der Waals surface area contributed by atoms with Gasteiger partial charge >= 0.3 is 0 Å². The zero-order valence-corrected chi connectivity index (χ0v) is 18.7. The average Bonchev–Trinajstić information content (AvgIpc) is 2.84. The molecule has 32 heavy (non-hydrogen) atoms. The molecule has 1 unspecified atom stereocenters. The van der Waals surface area contributed by atoms with Crippen molar-refractivity contribution in [3.8, 4) is 0 Å². The van der Waals surface area contributed by atoms with Crippen molar-refractivity contribution in [1.29, 1.82) is 0 Å². The first-order valence-electron chi connectivity index (χ1n) is 12.0. The molecule has 2 aromatic rings. The third kappa shape index (κ3) is 4.56. The lowest BCUT2D eigenvalue weighted by Gasteiger charge is -2.46. The Balaban J connectivity index is 1.22. The fourth-order valence-corrected chi connectivity index (χ4v) is 5.45. The number of amides is 2. The Morgan fingerprint density at radius 2 is 1.72 bits per heavy atom. The van der Waals surface area contributed by atoms with Crippen molar-refractivity contribution in [3.05, 3.63) is 65.5 Å². The van der Waals surface area contributed by atoms with E-state index < -0.39 is 6.04 Å². The topological polar surface area (TPSA) is 56.8 Å². The summed E-state index contributed by atoms with van der Waals surface area (Å²) in [5, 5.41) is 0. The van der Waals surface area contributed by atoms with Crippen LogP contribution in [0.25, 0.3) is 0 Å². The van der Waals surface area contributed by atoms with Crippen LogP contribution in [0.3, 0.4) is 0 Å². The van der Waals surface area contributed by atoms with Crippen molar-refractivity contribution in [2.45, 2.75) is 57.2 Å². The Kier molecular flexibility index (Phi) is 6.21. The van der Waals surface area contributed by atoms with E-state index in [0.29, 0.717) is 19.6 Å². The van der Waals surface area contributed by atoms with Crippen LogP contribution in [0.15, 0.2) is 48.7 Å². The Labute approximate surface area is 190 Å². The number of hydrogen-bond donors (Lipinski definition) is 0. The van der Waals surface area contributed by atoms with E-state index in [4.69, 9.17) is 0 Å². The van der Waals surface area contributed by atoms with Gasteiger partial charge in [0.2, 0.25) is 11.8 Å². The Morgan fingerprint density at radius 1 is 0.906 bits per heavy atom.